The molecule has 2 rings (SSSR count). The Hall–Kier alpha value is -1.49. The molecular formula is C10H11N3OS. The van der Waals surface area contributed by atoms with Crippen LogP contribution in [0.25, 0.3) is 10.2 Å². The molecule has 5 heteroatoms. The van der Waals surface area contributed by atoms with Crippen molar-refractivity contribution in [3.8, 4) is 0 Å². The lowest BCUT2D eigenvalue weighted by Crippen LogP contribution is -2.13. The molecule has 0 aliphatic rings. The number of hydrogen-bond acceptors (Lipinski definition) is 4. The van der Waals surface area contributed by atoms with Gasteiger partial charge in [0.05, 0.1) is 5.69 Å². The normalized spacial score (nSPS) is 10.8. The number of hydrogen-bond donors (Lipinski definition) is 1. The van der Waals surface area contributed by atoms with E-state index in [1.165, 1.54) is 11.5 Å². The van der Waals surface area contributed by atoms with Crippen LogP contribution in [0.1, 0.15) is 28.7 Å². The summed E-state index contributed by atoms with van der Waals surface area (Å²) in [4.78, 5) is 16.0. The van der Waals surface area contributed by atoms with Crippen LogP contribution in [0.4, 0.5) is 0 Å². The SMILES string of the molecule is CCc1nsc2nc(C(N)=O)cc(C)c12. The predicted molar refractivity (Wildman–Crippen MR) is 60.0 cm³/mol. The molecule has 0 saturated carbocycles. The Morgan fingerprint density at radius 2 is 2.33 bits per heavy atom. The number of amides is 1. The summed E-state index contributed by atoms with van der Waals surface area (Å²) >= 11 is 1.32. The monoisotopic (exact) mass is 221 g/mol. The van der Waals surface area contributed by atoms with E-state index in [0.717, 1.165) is 27.9 Å². The van der Waals surface area contributed by atoms with Gasteiger partial charge in [-0.15, -0.1) is 0 Å². The molecule has 2 heterocycles. The molecule has 0 spiro atoms. The highest BCUT2D eigenvalue weighted by Gasteiger charge is 2.12. The Morgan fingerprint density at radius 1 is 1.60 bits per heavy atom. The van der Waals surface area contributed by atoms with Gasteiger partial charge in [-0.25, -0.2) is 4.98 Å². The summed E-state index contributed by atoms with van der Waals surface area (Å²) < 4.78 is 4.30. The van der Waals surface area contributed by atoms with E-state index in [9.17, 15) is 4.79 Å². The summed E-state index contributed by atoms with van der Waals surface area (Å²) in [5.74, 6) is -0.494. The third kappa shape index (κ3) is 1.59. The van der Waals surface area contributed by atoms with Gasteiger partial charge in [-0.1, -0.05) is 6.92 Å². The predicted octanol–water partition coefficient (Wildman–Crippen LogP) is 1.66. The van der Waals surface area contributed by atoms with Gasteiger partial charge < -0.3 is 5.73 Å². The van der Waals surface area contributed by atoms with Gasteiger partial charge in [-0.05, 0) is 36.5 Å². The van der Waals surface area contributed by atoms with E-state index in [2.05, 4.69) is 16.3 Å². The number of aryl methyl sites for hydroxylation is 2. The highest BCUT2D eigenvalue weighted by Crippen LogP contribution is 2.25. The van der Waals surface area contributed by atoms with Crippen LogP contribution in [0, 0.1) is 6.92 Å². The lowest BCUT2D eigenvalue weighted by atomic mass is 10.1. The number of nitrogens with zero attached hydrogens (tertiary/aromatic N) is 2. The van der Waals surface area contributed by atoms with E-state index in [1.807, 2.05) is 6.92 Å². The fourth-order valence-corrected chi connectivity index (χ4v) is 2.50. The maximum absolute atomic E-state index is 11.0. The molecular weight excluding hydrogens is 210 g/mol. The highest BCUT2D eigenvalue weighted by atomic mass is 32.1. The Balaban J connectivity index is 2.74. The fourth-order valence-electron chi connectivity index (χ4n) is 1.57. The minimum Gasteiger partial charge on any atom is -0.364 e. The molecule has 15 heavy (non-hydrogen) atoms. The van der Waals surface area contributed by atoms with Crippen LogP contribution < -0.4 is 5.73 Å². The molecule has 78 valence electrons. The van der Waals surface area contributed by atoms with Crippen molar-refractivity contribution in [1.29, 1.82) is 0 Å². The summed E-state index contributed by atoms with van der Waals surface area (Å²) in [6.07, 6.45) is 0.873. The van der Waals surface area contributed by atoms with Crippen molar-refractivity contribution in [2.45, 2.75) is 20.3 Å². The van der Waals surface area contributed by atoms with Crippen LogP contribution in [-0.4, -0.2) is 15.3 Å². The minimum absolute atomic E-state index is 0.311. The first-order valence-corrected chi connectivity index (χ1v) is 5.46. The average Bonchev–Trinajstić information content (AvgIpc) is 2.60. The average molecular weight is 221 g/mol. The smallest absolute Gasteiger partial charge is 0.267 e. The van der Waals surface area contributed by atoms with Crippen molar-refractivity contribution in [3.63, 3.8) is 0 Å². The molecule has 0 aromatic carbocycles. The fraction of sp³-hybridized carbons (Fsp3) is 0.300. The van der Waals surface area contributed by atoms with Crippen LogP contribution in [0.2, 0.25) is 0 Å². The van der Waals surface area contributed by atoms with Crippen molar-refractivity contribution < 1.29 is 4.79 Å². The van der Waals surface area contributed by atoms with Crippen molar-refractivity contribution >= 4 is 27.7 Å². The molecule has 0 aliphatic carbocycles. The summed E-state index contributed by atoms with van der Waals surface area (Å²) in [5, 5.41) is 1.06. The van der Waals surface area contributed by atoms with Gasteiger partial charge in [0.1, 0.15) is 10.5 Å². The largest absolute Gasteiger partial charge is 0.364 e. The first-order valence-electron chi connectivity index (χ1n) is 4.69. The van der Waals surface area contributed by atoms with Gasteiger partial charge >= 0.3 is 0 Å². The van der Waals surface area contributed by atoms with E-state index in [1.54, 1.807) is 6.07 Å². The number of rotatable bonds is 2. The first-order chi connectivity index (χ1) is 7.13. The number of pyridine rings is 1. The zero-order chi connectivity index (χ0) is 11.0. The van der Waals surface area contributed by atoms with Crippen LogP contribution in [0.15, 0.2) is 6.07 Å². The number of nitrogens with two attached hydrogens (primary N) is 1. The van der Waals surface area contributed by atoms with E-state index in [4.69, 9.17) is 5.73 Å². The van der Waals surface area contributed by atoms with Crippen LogP contribution >= 0.6 is 11.5 Å². The Bertz CT molecular complexity index is 533. The lowest BCUT2D eigenvalue weighted by Gasteiger charge is -2.00. The molecule has 0 saturated heterocycles. The maximum Gasteiger partial charge on any atom is 0.267 e. The molecule has 2 aromatic rings. The molecule has 0 radical (unpaired) electrons. The quantitative estimate of drug-likeness (QED) is 0.838. The van der Waals surface area contributed by atoms with Crippen molar-refractivity contribution in [1.82, 2.24) is 9.36 Å². The number of aromatic nitrogens is 2. The molecule has 0 atom stereocenters. The third-order valence-corrected chi connectivity index (χ3v) is 3.08. The van der Waals surface area contributed by atoms with E-state index in [0.29, 0.717) is 5.69 Å². The minimum atomic E-state index is -0.494. The van der Waals surface area contributed by atoms with E-state index < -0.39 is 5.91 Å². The molecule has 0 bridgehead atoms. The Morgan fingerprint density at radius 3 is 2.93 bits per heavy atom. The van der Waals surface area contributed by atoms with Gasteiger partial charge in [-0.3, -0.25) is 4.79 Å². The standard InChI is InChI=1S/C10H11N3OS/c1-3-6-8-5(2)4-7(9(11)14)12-10(8)15-13-6/h4H,3H2,1-2H3,(H2,11,14). The van der Waals surface area contributed by atoms with Crippen molar-refractivity contribution in [2.24, 2.45) is 5.73 Å². The summed E-state index contributed by atoms with van der Waals surface area (Å²) in [5.41, 5.74) is 7.56. The number of carbonyl (C=O) groups excluding carboxylic acids is 1. The van der Waals surface area contributed by atoms with Gasteiger partial charge in [0.2, 0.25) is 0 Å². The topological polar surface area (TPSA) is 68.9 Å². The van der Waals surface area contributed by atoms with Gasteiger partial charge in [0.15, 0.2) is 0 Å². The molecule has 2 aromatic heterocycles. The third-order valence-electron chi connectivity index (χ3n) is 2.30. The van der Waals surface area contributed by atoms with Crippen molar-refractivity contribution in [2.75, 3.05) is 0 Å². The van der Waals surface area contributed by atoms with E-state index >= 15 is 0 Å². The summed E-state index contributed by atoms with van der Waals surface area (Å²) in [6, 6.07) is 1.72. The second-order valence-electron chi connectivity index (χ2n) is 3.35. The molecule has 2 N–H and O–H groups in total. The molecule has 1 amide bonds. The van der Waals surface area contributed by atoms with Gasteiger partial charge in [0.25, 0.3) is 5.91 Å². The zero-order valence-electron chi connectivity index (χ0n) is 8.57. The number of carbonyl (C=O) groups is 1. The first kappa shape index (κ1) is 10.0. The van der Waals surface area contributed by atoms with Crippen LogP contribution in [0.3, 0.4) is 0 Å². The second kappa shape index (κ2) is 3.58. The summed E-state index contributed by atoms with van der Waals surface area (Å²) in [6.45, 7) is 4.00. The number of fused-ring (bicyclic) bond motifs is 1. The second-order valence-corrected chi connectivity index (χ2v) is 4.10. The van der Waals surface area contributed by atoms with Gasteiger partial charge in [0, 0.05) is 5.39 Å². The summed E-state index contributed by atoms with van der Waals surface area (Å²) in [7, 11) is 0. The molecule has 4 nitrogen and oxygen atoms in total. The lowest BCUT2D eigenvalue weighted by molar-refractivity contribution is 0.0996. The Labute approximate surface area is 91.3 Å². The molecule has 0 aliphatic heterocycles. The van der Waals surface area contributed by atoms with Crippen LogP contribution in [-0.2, 0) is 6.42 Å². The Kier molecular flexibility index (Phi) is 2.40. The molecule has 0 fully saturated rings. The number of primary amides is 1. The van der Waals surface area contributed by atoms with Gasteiger partial charge in [-0.2, -0.15) is 4.37 Å². The van der Waals surface area contributed by atoms with Crippen molar-refractivity contribution in [3.05, 3.63) is 23.0 Å². The van der Waals surface area contributed by atoms with Crippen LogP contribution in [0.5, 0.6) is 0 Å². The maximum atomic E-state index is 11.0. The molecule has 0 unspecified atom stereocenters. The zero-order valence-corrected chi connectivity index (χ0v) is 9.39. The van der Waals surface area contributed by atoms with E-state index in [-0.39, 0.29) is 0 Å². The highest BCUT2D eigenvalue weighted by molar-refractivity contribution is 7.13.